The van der Waals surface area contributed by atoms with Crippen molar-refractivity contribution in [3.8, 4) is 5.75 Å². The van der Waals surface area contributed by atoms with Gasteiger partial charge in [-0.25, -0.2) is 8.78 Å². The van der Waals surface area contributed by atoms with Crippen molar-refractivity contribution in [2.75, 3.05) is 17.7 Å². The predicted octanol–water partition coefficient (Wildman–Crippen LogP) is 4.48. The van der Waals surface area contributed by atoms with Crippen molar-refractivity contribution >= 4 is 23.2 Å². The van der Waals surface area contributed by atoms with Crippen molar-refractivity contribution in [1.82, 2.24) is 0 Å². The van der Waals surface area contributed by atoms with E-state index in [9.17, 15) is 18.4 Å². The van der Waals surface area contributed by atoms with Gasteiger partial charge >= 0.3 is 0 Å². The molecule has 3 aromatic rings. The van der Waals surface area contributed by atoms with Gasteiger partial charge < -0.3 is 15.4 Å². The molecule has 0 unspecified atom stereocenters. The molecule has 0 saturated carbocycles. The second kappa shape index (κ2) is 8.30. The maximum Gasteiger partial charge on any atom is 0.258 e. The normalized spacial score (nSPS) is 10.2. The van der Waals surface area contributed by atoms with Crippen molar-refractivity contribution in [1.29, 1.82) is 0 Å². The monoisotopic (exact) mass is 382 g/mol. The van der Waals surface area contributed by atoms with Gasteiger partial charge in [-0.1, -0.05) is 0 Å². The third-order valence-electron chi connectivity index (χ3n) is 3.93. The van der Waals surface area contributed by atoms with Gasteiger partial charge in [-0.15, -0.1) is 0 Å². The Balaban J connectivity index is 1.66. The molecule has 0 aliphatic heterocycles. The van der Waals surface area contributed by atoms with Gasteiger partial charge in [-0.05, 0) is 66.7 Å². The Morgan fingerprint density at radius 1 is 0.786 bits per heavy atom. The summed E-state index contributed by atoms with van der Waals surface area (Å²) in [6.45, 7) is 0. The van der Waals surface area contributed by atoms with Gasteiger partial charge in [0.1, 0.15) is 17.4 Å². The van der Waals surface area contributed by atoms with E-state index in [2.05, 4.69) is 10.6 Å². The number of carbonyl (C=O) groups excluding carboxylic acids is 2. The van der Waals surface area contributed by atoms with Crippen LogP contribution >= 0.6 is 0 Å². The molecule has 3 aromatic carbocycles. The van der Waals surface area contributed by atoms with Gasteiger partial charge in [-0.3, -0.25) is 9.59 Å². The quantitative estimate of drug-likeness (QED) is 0.684. The highest BCUT2D eigenvalue weighted by Gasteiger charge is 2.13. The highest BCUT2D eigenvalue weighted by atomic mass is 19.1. The Kier molecular flexibility index (Phi) is 5.64. The van der Waals surface area contributed by atoms with E-state index in [1.54, 1.807) is 31.4 Å². The fraction of sp³-hybridized carbons (Fsp3) is 0.0476. The SMILES string of the molecule is COc1ccc(NC(=O)c2ccc(NC(=O)c3cc(F)ccc3F)cc2)cc1. The summed E-state index contributed by atoms with van der Waals surface area (Å²) in [5.74, 6) is -1.98. The molecule has 0 spiro atoms. The number of halogens is 2. The van der Waals surface area contributed by atoms with Crippen LogP contribution in [0.5, 0.6) is 5.75 Å². The molecular weight excluding hydrogens is 366 g/mol. The van der Waals surface area contributed by atoms with E-state index in [4.69, 9.17) is 4.74 Å². The second-order valence-corrected chi connectivity index (χ2v) is 5.84. The number of benzene rings is 3. The number of hydrogen-bond acceptors (Lipinski definition) is 3. The maximum atomic E-state index is 13.7. The summed E-state index contributed by atoms with van der Waals surface area (Å²) < 4.78 is 31.9. The first kappa shape index (κ1) is 19.0. The number of ether oxygens (including phenoxy) is 1. The maximum absolute atomic E-state index is 13.7. The minimum absolute atomic E-state index is 0.334. The number of amides is 2. The van der Waals surface area contributed by atoms with Crippen LogP contribution in [0.2, 0.25) is 0 Å². The second-order valence-electron chi connectivity index (χ2n) is 5.84. The molecule has 0 radical (unpaired) electrons. The lowest BCUT2D eigenvalue weighted by atomic mass is 10.1. The highest BCUT2D eigenvalue weighted by molar-refractivity contribution is 6.06. The van der Waals surface area contributed by atoms with E-state index >= 15 is 0 Å². The standard InChI is InChI=1S/C21H16F2N2O3/c1-28-17-9-7-16(8-10-17)24-20(26)13-2-5-15(6-3-13)25-21(27)18-12-14(22)4-11-19(18)23/h2-12H,1H3,(H,24,26)(H,25,27). The fourth-order valence-electron chi connectivity index (χ4n) is 2.45. The van der Waals surface area contributed by atoms with Crippen LogP contribution in [0.4, 0.5) is 20.2 Å². The number of carbonyl (C=O) groups is 2. The minimum Gasteiger partial charge on any atom is -0.497 e. The minimum atomic E-state index is -0.825. The van der Waals surface area contributed by atoms with Gasteiger partial charge in [0.25, 0.3) is 11.8 Å². The first-order valence-corrected chi connectivity index (χ1v) is 8.28. The Morgan fingerprint density at radius 2 is 1.36 bits per heavy atom. The molecule has 2 amide bonds. The third kappa shape index (κ3) is 4.50. The molecule has 0 fully saturated rings. The number of nitrogens with one attached hydrogen (secondary N) is 2. The molecule has 0 atom stereocenters. The molecule has 142 valence electrons. The van der Waals surface area contributed by atoms with Crippen LogP contribution in [-0.2, 0) is 0 Å². The third-order valence-corrected chi connectivity index (χ3v) is 3.93. The molecule has 7 heteroatoms. The molecule has 0 bridgehead atoms. The zero-order valence-electron chi connectivity index (χ0n) is 14.8. The summed E-state index contributed by atoms with van der Waals surface area (Å²) >= 11 is 0. The predicted molar refractivity (Wildman–Crippen MR) is 102 cm³/mol. The number of hydrogen-bond donors (Lipinski definition) is 2. The molecule has 0 aromatic heterocycles. The van der Waals surface area contributed by atoms with E-state index in [1.165, 1.54) is 24.3 Å². The van der Waals surface area contributed by atoms with Crippen LogP contribution in [0, 0.1) is 11.6 Å². The first-order valence-electron chi connectivity index (χ1n) is 8.28. The Morgan fingerprint density at radius 3 is 1.96 bits per heavy atom. The first-order chi connectivity index (χ1) is 13.5. The molecule has 3 rings (SSSR count). The Labute approximate surface area is 160 Å². The summed E-state index contributed by atoms with van der Waals surface area (Å²) in [5.41, 5.74) is 0.909. The van der Waals surface area contributed by atoms with E-state index in [0.29, 0.717) is 22.7 Å². The number of methoxy groups -OCH3 is 1. The van der Waals surface area contributed by atoms with Crippen LogP contribution < -0.4 is 15.4 Å². The summed E-state index contributed by atoms with van der Waals surface area (Å²) in [6.07, 6.45) is 0. The van der Waals surface area contributed by atoms with Crippen molar-refractivity contribution in [2.24, 2.45) is 0 Å². The lowest BCUT2D eigenvalue weighted by Gasteiger charge is -2.09. The number of rotatable bonds is 5. The van der Waals surface area contributed by atoms with Gasteiger partial charge in [0.05, 0.1) is 12.7 Å². The van der Waals surface area contributed by atoms with Crippen molar-refractivity contribution in [3.05, 3.63) is 89.5 Å². The zero-order valence-corrected chi connectivity index (χ0v) is 14.8. The van der Waals surface area contributed by atoms with Crippen molar-refractivity contribution < 1.29 is 23.1 Å². The Bertz CT molecular complexity index is 1000. The van der Waals surface area contributed by atoms with Gasteiger partial charge in [0, 0.05) is 16.9 Å². The molecule has 0 saturated heterocycles. The van der Waals surface area contributed by atoms with Crippen molar-refractivity contribution in [3.63, 3.8) is 0 Å². The molecule has 0 heterocycles. The van der Waals surface area contributed by atoms with Gasteiger partial charge in [-0.2, -0.15) is 0 Å². The fourth-order valence-corrected chi connectivity index (χ4v) is 2.45. The highest BCUT2D eigenvalue weighted by Crippen LogP contribution is 2.18. The van der Waals surface area contributed by atoms with Crippen LogP contribution in [0.15, 0.2) is 66.7 Å². The summed E-state index contributed by atoms with van der Waals surface area (Å²) in [7, 11) is 1.55. The van der Waals surface area contributed by atoms with E-state index in [1.807, 2.05) is 0 Å². The van der Waals surface area contributed by atoms with Crippen molar-refractivity contribution in [2.45, 2.75) is 0 Å². The van der Waals surface area contributed by atoms with Crippen LogP contribution in [0.25, 0.3) is 0 Å². The van der Waals surface area contributed by atoms with E-state index < -0.39 is 23.1 Å². The largest absolute Gasteiger partial charge is 0.497 e. The van der Waals surface area contributed by atoms with E-state index in [0.717, 1.165) is 18.2 Å². The van der Waals surface area contributed by atoms with Crippen LogP contribution in [0.1, 0.15) is 20.7 Å². The molecule has 28 heavy (non-hydrogen) atoms. The average molecular weight is 382 g/mol. The Hall–Kier alpha value is -3.74. The topological polar surface area (TPSA) is 67.4 Å². The van der Waals surface area contributed by atoms with Crippen LogP contribution in [0.3, 0.4) is 0 Å². The summed E-state index contributed by atoms with van der Waals surface area (Å²) in [5, 5.41) is 5.20. The lowest BCUT2D eigenvalue weighted by Crippen LogP contribution is -2.15. The smallest absolute Gasteiger partial charge is 0.258 e. The summed E-state index contributed by atoms with van der Waals surface area (Å²) in [4.78, 5) is 24.4. The molecule has 0 aliphatic carbocycles. The zero-order chi connectivity index (χ0) is 20.1. The van der Waals surface area contributed by atoms with Crippen LogP contribution in [-0.4, -0.2) is 18.9 Å². The van der Waals surface area contributed by atoms with Gasteiger partial charge in [0.2, 0.25) is 0 Å². The summed E-state index contributed by atoms with van der Waals surface area (Å²) in [6, 6.07) is 15.5. The van der Waals surface area contributed by atoms with E-state index in [-0.39, 0.29) is 5.91 Å². The molecule has 2 N–H and O–H groups in total. The molecule has 5 nitrogen and oxygen atoms in total. The number of anilines is 2. The molecular formula is C21H16F2N2O3. The average Bonchev–Trinajstić information content (AvgIpc) is 2.70. The molecule has 0 aliphatic rings. The lowest BCUT2D eigenvalue weighted by molar-refractivity contribution is 0.101. The van der Waals surface area contributed by atoms with Gasteiger partial charge in [0.15, 0.2) is 0 Å².